The summed E-state index contributed by atoms with van der Waals surface area (Å²) in [4.78, 5) is 11.2. The fraction of sp³-hybridized carbons (Fsp3) is 0.889. The SMILES string of the molecule is CCOP(C)(=O)CC[C@@H]1NC(C)OC1=O. The molecule has 2 unspecified atom stereocenters. The average Bonchev–Trinajstić information content (AvgIpc) is 2.42. The smallest absolute Gasteiger partial charge is 0.324 e. The lowest BCUT2D eigenvalue weighted by molar-refractivity contribution is -0.141. The molecule has 1 rings (SSSR count). The quantitative estimate of drug-likeness (QED) is 0.572. The first-order chi connectivity index (χ1) is 6.94. The van der Waals surface area contributed by atoms with E-state index in [9.17, 15) is 9.36 Å². The van der Waals surface area contributed by atoms with Crippen LogP contribution in [-0.2, 0) is 18.6 Å². The summed E-state index contributed by atoms with van der Waals surface area (Å²) in [6.45, 7) is 5.61. The third kappa shape index (κ3) is 3.93. The lowest BCUT2D eigenvalue weighted by Gasteiger charge is -2.13. The van der Waals surface area contributed by atoms with E-state index in [2.05, 4.69) is 5.32 Å². The fourth-order valence-corrected chi connectivity index (χ4v) is 2.95. The number of carbonyl (C=O) groups excluding carboxylic acids is 1. The standard InChI is InChI=1S/C9H18NO4P/c1-4-13-15(3,12)6-5-8-9(11)14-7(2)10-8/h7-8,10H,4-6H2,1-3H3/t7?,8-,15?/m0/s1. The van der Waals surface area contributed by atoms with Gasteiger partial charge in [0.25, 0.3) is 0 Å². The van der Waals surface area contributed by atoms with Crippen LogP contribution in [0.3, 0.4) is 0 Å². The van der Waals surface area contributed by atoms with Crippen molar-refractivity contribution in [3.05, 3.63) is 0 Å². The van der Waals surface area contributed by atoms with E-state index < -0.39 is 7.37 Å². The van der Waals surface area contributed by atoms with Crippen molar-refractivity contribution in [2.45, 2.75) is 32.5 Å². The third-order valence-corrected chi connectivity index (χ3v) is 4.11. The zero-order chi connectivity index (χ0) is 11.5. The predicted molar refractivity (Wildman–Crippen MR) is 57.1 cm³/mol. The van der Waals surface area contributed by atoms with Gasteiger partial charge >= 0.3 is 5.97 Å². The van der Waals surface area contributed by atoms with Gasteiger partial charge in [-0.3, -0.25) is 14.7 Å². The van der Waals surface area contributed by atoms with Crippen LogP contribution >= 0.6 is 7.37 Å². The van der Waals surface area contributed by atoms with Crippen LogP contribution in [0.2, 0.25) is 0 Å². The predicted octanol–water partition coefficient (Wildman–Crippen LogP) is 1.18. The van der Waals surface area contributed by atoms with Crippen LogP contribution < -0.4 is 5.32 Å². The Morgan fingerprint density at radius 2 is 2.27 bits per heavy atom. The van der Waals surface area contributed by atoms with E-state index in [1.807, 2.05) is 0 Å². The van der Waals surface area contributed by atoms with Gasteiger partial charge in [-0.15, -0.1) is 0 Å². The second-order valence-corrected chi connectivity index (χ2v) is 6.48. The van der Waals surface area contributed by atoms with Gasteiger partial charge in [-0.2, -0.15) is 0 Å². The van der Waals surface area contributed by atoms with Crippen LogP contribution in [0.15, 0.2) is 0 Å². The van der Waals surface area contributed by atoms with E-state index in [1.54, 1.807) is 20.5 Å². The highest BCUT2D eigenvalue weighted by atomic mass is 31.2. The molecule has 5 nitrogen and oxygen atoms in total. The van der Waals surface area contributed by atoms with Gasteiger partial charge in [0.1, 0.15) is 6.04 Å². The zero-order valence-corrected chi connectivity index (χ0v) is 10.3. The number of rotatable bonds is 5. The summed E-state index contributed by atoms with van der Waals surface area (Å²) in [5, 5.41) is 2.97. The Morgan fingerprint density at radius 1 is 1.60 bits per heavy atom. The lowest BCUT2D eigenvalue weighted by Crippen LogP contribution is -2.31. The van der Waals surface area contributed by atoms with E-state index in [1.165, 1.54) is 0 Å². The van der Waals surface area contributed by atoms with Crippen LogP contribution in [0.1, 0.15) is 20.3 Å². The van der Waals surface area contributed by atoms with Crippen molar-refractivity contribution >= 4 is 13.3 Å². The number of hydrogen-bond acceptors (Lipinski definition) is 5. The van der Waals surface area contributed by atoms with Gasteiger partial charge in [0.15, 0.2) is 13.6 Å². The molecule has 15 heavy (non-hydrogen) atoms. The second kappa shape index (κ2) is 5.10. The van der Waals surface area contributed by atoms with Gasteiger partial charge in [-0.1, -0.05) is 0 Å². The zero-order valence-electron chi connectivity index (χ0n) is 9.36. The van der Waals surface area contributed by atoms with Crippen molar-refractivity contribution in [2.75, 3.05) is 19.4 Å². The molecule has 1 N–H and O–H groups in total. The monoisotopic (exact) mass is 235 g/mol. The molecule has 0 radical (unpaired) electrons. The molecule has 0 saturated carbocycles. The third-order valence-electron chi connectivity index (χ3n) is 2.24. The highest BCUT2D eigenvalue weighted by Gasteiger charge is 2.32. The molecular weight excluding hydrogens is 217 g/mol. The second-order valence-electron chi connectivity index (χ2n) is 3.74. The minimum absolute atomic E-state index is 0.245. The molecule has 1 heterocycles. The number of ether oxygens (including phenoxy) is 1. The van der Waals surface area contributed by atoms with Crippen LogP contribution in [0.4, 0.5) is 0 Å². The first kappa shape index (κ1) is 12.7. The Hall–Kier alpha value is -0.380. The Balaban J connectivity index is 2.37. The van der Waals surface area contributed by atoms with E-state index in [4.69, 9.17) is 9.26 Å². The molecule has 0 bridgehead atoms. The van der Waals surface area contributed by atoms with E-state index in [0.29, 0.717) is 19.2 Å². The summed E-state index contributed by atoms with van der Waals surface area (Å²) < 4.78 is 21.8. The van der Waals surface area contributed by atoms with Crippen LogP contribution in [0.25, 0.3) is 0 Å². The summed E-state index contributed by atoms with van der Waals surface area (Å²) in [6, 6.07) is -0.339. The highest BCUT2D eigenvalue weighted by molar-refractivity contribution is 7.58. The van der Waals surface area contributed by atoms with E-state index in [-0.39, 0.29) is 18.2 Å². The van der Waals surface area contributed by atoms with Crippen molar-refractivity contribution in [1.29, 1.82) is 0 Å². The van der Waals surface area contributed by atoms with E-state index in [0.717, 1.165) is 0 Å². The molecular formula is C9H18NO4P. The fourth-order valence-electron chi connectivity index (χ4n) is 1.54. The summed E-state index contributed by atoms with van der Waals surface area (Å²) in [5.74, 6) is -0.265. The minimum Gasteiger partial charge on any atom is -0.446 e. The number of nitrogens with one attached hydrogen (secondary N) is 1. The Bertz CT molecular complexity index is 281. The van der Waals surface area contributed by atoms with Gasteiger partial charge in [0.2, 0.25) is 0 Å². The van der Waals surface area contributed by atoms with Gasteiger partial charge in [0.05, 0.1) is 6.61 Å². The maximum atomic E-state index is 11.8. The number of esters is 1. The largest absolute Gasteiger partial charge is 0.446 e. The van der Waals surface area contributed by atoms with Gasteiger partial charge in [0, 0.05) is 12.8 Å². The van der Waals surface area contributed by atoms with Crippen molar-refractivity contribution in [3.8, 4) is 0 Å². The number of carbonyl (C=O) groups is 1. The van der Waals surface area contributed by atoms with E-state index >= 15 is 0 Å². The molecule has 6 heteroatoms. The Kier molecular flexibility index (Phi) is 4.32. The Labute approximate surface area is 90.0 Å². The lowest BCUT2D eigenvalue weighted by atomic mass is 10.2. The van der Waals surface area contributed by atoms with Crippen LogP contribution in [-0.4, -0.2) is 37.7 Å². The molecule has 1 aliphatic rings. The minimum atomic E-state index is -2.54. The maximum Gasteiger partial charge on any atom is 0.324 e. The van der Waals surface area contributed by atoms with Gasteiger partial charge in [-0.25, -0.2) is 0 Å². The number of cyclic esters (lactones) is 1. The molecule has 1 aliphatic heterocycles. The molecule has 88 valence electrons. The maximum absolute atomic E-state index is 11.8. The molecule has 0 spiro atoms. The summed E-state index contributed by atoms with van der Waals surface area (Å²) >= 11 is 0. The first-order valence-corrected chi connectivity index (χ1v) is 7.38. The Morgan fingerprint density at radius 3 is 2.73 bits per heavy atom. The highest BCUT2D eigenvalue weighted by Crippen LogP contribution is 2.43. The molecule has 1 saturated heterocycles. The summed E-state index contributed by atoms with van der Waals surface area (Å²) in [6.07, 6.45) is 0.655. The molecule has 0 aliphatic carbocycles. The van der Waals surface area contributed by atoms with Crippen LogP contribution in [0.5, 0.6) is 0 Å². The van der Waals surface area contributed by atoms with Crippen molar-refractivity contribution in [1.82, 2.24) is 5.32 Å². The van der Waals surface area contributed by atoms with Gasteiger partial charge < -0.3 is 9.26 Å². The van der Waals surface area contributed by atoms with Crippen LogP contribution in [0, 0.1) is 0 Å². The van der Waals surface area contributed by atoms with Crippen molar-refractivity contribution < 1.29 is 18.6 Å². The average molecular weight is 235 g/mol. The molecule has 1 fully saturated rings. The van der Waals surface area contributed by atoms with Crippen molar-refractivity contribution in [3.63, 3.8) is 0 Å². The summed E-state index contributed by atoms with van der Waals surface area (Å²) in [7, 11) is -2.54. The summed E-state index contributed by atoms with van der Waals surface area (Å²) in [5.41, 5.74) is 0. The molecule has 3 atom stereocenters. The number of hydrogen-bond donors (Lipinski definition) is 1. The molecule has 0 aromatic rings. The normalized spacial score (nSPS) is 29.9. The van der Waals surface area contributed by atoms with Gasteiger partial charge in [-0.05, 0) is 20.3 Å². The van der Waals surface area contributed by atoms with Crippen molar-refractivity contribution in [2.24, 2.45) is 0 Å². The topological polar surface area (TPSA) is 64.6 Å². The molecule has 0 amide bonds. The first-order valence-electron chi connectivity index (χ1n) is 5.12. The molecule has 0 aromatic carbocycles. The molecule has 0 aromatic heterocycles.